The molecule has 0 spiro atoms. The second-order valence-electron chi connectivity index (χ2n) is 4.70. The molecule has 0 bridgehead atoms. The van der Waals surface area contributed by atoms with Crippen LogP contribution in [0.2, 0.25) is 0 Å². The van der Waals surface area contributed by atoms with Crippen LogP contribution in [0.15, 0.2) is 41.2 Å². The SMILES string of the molecule is CN(Cc1cscn1)c1nc2ccccc2cc1CN. The lowest BCUT2D eigenvalue weighted by atomic mass is 10.1. The first-order chi connectivity index (χ1) is 9.78. The first kappa shape index (κ1) is 13.0. The lowest BCUT2D eigenvalue weighted by Crippen LogP contribution is -2.20. The number of pyridine rings is 1. The molecule has 0 saturated carbocycles. The van der Waals surface area contributed by atoms with Gasteiger partial charge in [0, 0.05) is 29.9 Å². The van der Waals surface area contributed by atoms with Crippen molar-refractivity contribution in [3.8, 4) is 0 Å². The summed E-state index contributed by atoms with van der Waals surface area (Å²) in [6.07, 6.45) is 0. The predicted molar refractivity (Wildman–Crippen MR) is 83.9 cm³/mol. The van der Waals surface area contributed by atoms with Crippen LogP contribution in [0, 0.1) is 0 Å². The van der Waals surface area contributed by atoms with Gasteiger partial charge >= 0.3 is 0 Å². The van der Waals surface area contributed by atoms with Crippen molar-refractivity contribution in [3.05, 3.63) is 52.5 Å². The maximum Gasteiger partial charge on any atom is 0.133 e. The van der Waals surface area contributed by atoms with Crippen LogP contribution in [0.5, 0.6) is 0 Å². The lowest BCUT2D eigenvalue weighted by molar-refractivity contribution is 0.862. The van der Waals surface area contributed by atoms with E-state index < -0.39 is 0 Å². The smallest absolute Gasteiger partial charge is 0.133 e. The highest BCUT2D eigenvalue weighted by Gasteiger charge is 2.11. The number of thiazole rings is 1. The summed E-state index contributed by atoms with van der Waals surface area (Å²) in [5, 5.41) is 3.18. The van der Waals surface area contributed by atoms with Crippen LogP contribution in [-0.4, -0.2) is 17.0 Å². The van der Waals surface area contributed by atoms with Crippen molar-refractivity contribution < 1.29 is 0 Å². The predicted octanol–water partition coefficient (Wildman–Crippen LogP) is 2.79. The molecule has 4 nitrogen and oxygen atoms in total. The van der Waals surface area contributed by atoms with E-state index in [1.165, 1.54) is 0 Å². The van der Waals surface area contributed by atoms with E-state index in [-0.39, 0.29) is 0 Å². The monoisotopic (exact) mass is 284 g/mol. The van der Waals surface area contributed by atoms with E-state index in [4.69, 9.17) is 10.7 Å². The van der Waals surface area contributed by atoms with Gasteiger partial charge in [0.25, 0.3) is 0 Å². The van der Waals surface area contributed by atoms with Gasteiger partial charge in [0.05, 0.1) is 23.3 Å². The van der Waals surface area contributed by atoms with Crippen LogP contribution >= 0.6 is 11.3 Å². The third-order valence-electron chi connectivity index (χ3n) is 3.24. The molecule has 0 aliphatic rings. The third kappa shape index (κ3) is 2.50. The molecule has 3 aromatic rings. The summed E-state index contributed by atoms with van der Waals surface area (Å²) < 4.78 is 0. The van der Waals surface area contributed by atoms with E-state index in [0.29, 0.717) is 6.54 Å². The first-order valence-corrected chi connectivity index (χ1v) is 7.39. The molecular weight excluding hydrogens is 268 g/mol. The van der Waals surface area contributed by atoms with Gasteiger partial charge in [-0.05, 0) is 12.1 Å². The highest BCUT2D eigenvalue weighted by molar-refractivity contribution is 7.07. The zero-order valence-electron chi connectivity index (χ0n) is 11.3. The number of hydrogen-bond donors (Lipinski definition) is 1. The van der Waals surface area contributed by atoms with Crippen molar-refractivity contribution in [2.24, 2.45) is 5.73 Å². The molecule has 2 N–H and O–H groups in total. The van der Waals surface area contributed by atoms with Crippen LogP contribution in [0.4, 0.5) is 5.82 Å². The van der Waals surface area contributed by atoms with Gasteiger partial charge < -0.3 is 10.6 Å². The molecule has 0 radical (unpaired) electrons. The Kier molecular flexibility index (Phi) is 3.62. The van der Waals surface area contributed by atoms with Gasteiger partial charge in [0.15, 0.2) is 0 Å². The molecule has 0 saturated heterocycles. The molecule has 0 aliphatic carbocycles. The summed E-state index contributed by atoms with van der Waals surface area (Å²) in [6, 6.07) is 10.2. The second-order valence-corrected chi connectivity index (χ2v) is 5.42. The van der Waals surface area contributed by atoms with E-state index in [2.05, 4.69) is 27.4 Å². The Hall–Kier alpha value is -1.98. The van der Waals surface area contributed by atoms with Crippen molar-refractivity contribution >= 4 is 28.1 Å². The summed E-state index contributed by atoms with van der Waals surface area (Å²) in [4.78, 5) is 11.2. The maximum absolute atomic E-state index is 5.87. The van der Waals surface area contributed by atoms with Crippen molar-refractivity contribution in [2.45, 2.75) is 13.1 Å². The minimum atomic E-state index is 0.481. The minimum absolute atomic E-state index is 0.481. The van der Waals surface area contributed by atoms with Crippen LogP contribution in [-0.2, 0) is 13.1 Å². The summed E-state index contributed by atoms with van der Waals surface area (Å²) in [6.45, 7) is 1.22. The van der Waals surface area contributed by atoms with Gasteiger partial charge in [0.1, 0.15) is 5.82 Å². The molecule has 20 heavy (non-hydrogen) atoms. The number of fused-ring (bicyclic) bond motifs is 1. The van der Waals surface area contributed by atoms with Gasteiger partial charge in [-0.1, -0.05) is 18.2 Å². The molecule has 1 aromatic carbocycles. The normalized spacial score (nSPS) is 10.9. The molecular formula is C15H16N4S. The number of para-hydroxylation sites is 1. The number of hydrogen-bond acceptors (Lipinski definition) is 5. The fraction of sp³-hybridized carbons (Fsp3) is 0.200. The van der Waals surface area contributed by atoms with Crippen LogP contribution in [0.25, 0.3) is 10.9 Å². The Morgan fingerprint density at radius 1 is 1.30 bits per heavy atom. The quantitative estimate of drug-likeness (QED) is 0.800. The molecule has 2 aromatic heterocycles. The van der Waals surface area contributed by atoms with Gasteiger partial charge in [-0.25, -0.2) is 9.97 Å². The zero-order valence-corrected chi connectivity index (χ0v) is 12.1. The Balaban J connectivity index is 2.00. The summed E-state index contributed by atoms with van der Waals surface area (Å²) in [5.41, 5.74) is 10.8. The van der Waals surface area contributed by atoms with Crippen LogP contribution in [0.3, 0.4) is 0 Å². The minimum Gasteiger partial charge on any atom is -0.353 e. The zero-order chi connectivity index (χ0) is 13.9. The number of benzene rings is 1. The van der Waals surface area contributed by atoms with E-state index in [1.54, 1.807) is 11.3 Å². The molecule has 0 unspecified atom stereocenters. The molecule has 2 heterocycles. The molecule has 0 amide bonds. The van der Waals surface area contributed by atoms with E-state index in [0.717, 1.165) is 34.5 Å². The average Bonchev–Trinajstić information content (AvgIpc) is 2.98. The van der Waals surface area contributed by atoms with Crippen molar-refractivity contribution in [3.63, 3.8) is 0 Å². The fourth-order valence-corrected chi connectivity index (χ4v) is 2.81. The van der Waals surface area contributed by atoms with E-state index >= 15 is 0 Å². The molecule has 0 aliphatic heterocycles. The van der Waals surface area contributed by atoms with Crippen LogP contribution in [0.1, 0.15) is 11.3 Å². The summed E-state index contributed by atoms with van der Waals surface area (Å²) in [5.74, 6) is 0.930. The number of nitrogens with two attached hydrogens (primary N) is 1. The molecule has 0 atom stereocenters. The highest BCUT2D eigenvalue weighted by atomic mass is 32.1. The highest BCUT2D eigenvalue weighted by Crippen LogP contribution is 2.23. The topological polar surface area (TPSA) is 55.0 Å². The molecule has 0 fully saturated rings. The van der Waals surface area contributed by atoms with Gasteiger partial charge in [-0.3, -0.25) is 0 Å². The third-order valence-corrected chi connectivity index (χ3v) is 3.88. The Morgan fingerprint density at radius 3 is 2.90 bits per heavy atom. The van der Waals surface area contributed by atoms with Gasteiger partial charge in [-0.15, -0.1) is 11.3 Å². The van der Waals surface area contributed by atoms with Crippen molar-refractivity contribution in [1.82, 2.24) is 9.97 Å². The number of anilines is 1. The van der Waals surface area contributed by atoms with Gasteiger partial charge in [-0.2, -0.15) is 0 Å². The van der Waals surface area contributed by atoms with Crippen molar-refractivity contribution in [1.29, 1.82) is 0 Å². The molecule has 3 rings (SSSR count). The fourth-order valence-electron chi connectivity index (χ4n) is 2.26. The lowest BCUT2D eigenvalue weighted by Gasteiger charge is -2.20. The number of aromatic nitrogens is 2. The first-order valence-electron chi connectivity index (χ1n) is 6.45. The maximum atomic E-state index is 5.87. The standard InChI is InChI=1S/C15H16N4S/c1-19(8-13-9-20-10-17-13)15-12(7-16)6-11-4-2-3-5-14(11)18-15/h2-6,9-10H,7-8,16H2,1H3. The molecule has 5 heteroatoms. The second kappa shape index (κ2) is 5.56. The summed E-state index contributed by atoms with van der Waals surface area (Å²) in [7, 11) is 2.02. The Morgan fingerprint density at radius 2 is 2.15 bits per heavy atom. The van der Waals surface area contributed by atoms with Crippen LogP contribution < -0.4 is 10.6 Å². The summed E-state index contributed by atoms with van der Waals surface area (Å²) >= 11 is 1.61. The Labute approximate surface area is 121 Å². The molecule has 102 valence electrons. The number of rotatable bonds is 4. The van der Waals surface area contributed by atoms with Gasteiger partial charge in [0.2, 0.25) is 0 Å². The average molecular weight is 284 g/mol. The Bertz CT molecular complexity index is 709. The van der Waals surface area contributed by atoms with E-state index in [9.17, 15) is 0 Å². The van der Waals surface area contributed by atoms with Crippen molar-refractivity contribution in [2.75, 3.05) is 11.9 Å². The largest absolute Gasteiger partial charge is 0.353 e. The van der Waals surface area contributed by atoms with E-state index in [1.807, 2.05) is 30.8 Å². The number of nitrogens with zero attached hydrogens (tertiary/aromatic N) is 3.